The highest BCUT2D eigenvalue weighted by atomic mass is 35.5. The number of thioether (sulfide) groups is 1. The minimum Gasteiger partial charge on any atom is -0.496 e. The van der Waals surface area contributed by atoms with Crippen molar-refractivity contribution in [2.24, 2.45) is 0 Å². The molecule has 0 aliphatic rings. The molecule has 0 aliphatic carbocycles. The first-order chi connectivity index (χ1) is 13.1. The SMILES string of the molecule is COc1ccccc1Cn1c(CO)cnc1SCC(=O)c1ccc(Cl)cc1. The van der Waals surface area contributed by atoms with E-state index in [1.54, 1.807) is 37.6 Å². The number of imidazole rings is 1. The fraction of sp³-hybridized carbons (Fsp3) is 0.200. The van der Waals surface area contributed by atoms with Crippen molar-refractivity contribution < 1.29 is 14.6 Å². The van der Waals surface area contributed by atoms with Crippen LogP contribution in [0.4, 0.5) is 0 Å². The second kappa shape index (κ2) is 9.08. The number of aliphatic hydroxyl groups excluding tert-OH is 1. The number of ketones is 1. The summed E-state index contributed by atoms with van der Waals surface area (Å²) >= 11 is 7.21. The van der Waals surface area contributed by atoms with E-state index in [9.17, 15) is 9.90 Å². The summed E-state index contributed by atoms with van der Waals surface area (Å²) in [5.74, 6) is 1.01. The quantitative estimate of drug-likeness (QED) is 0.454. The number of halogens is 1. The zero-order valence-corrected chi connectivity index (χ0v) is 16.3. The summed E-state index contributed by atoms with van der Waals surface area (Å²) in [6.45, 7) is 0.366. The summed E-state index contributed by atoms with van der Waals surface area (Å²) in [7, 11) is 1.63. The van der Waals surface area contributed by atoms with Crippen molar-refractivity contribution >= 4 is 29.1 Å². The summed E-state index contributed by atoms with van der Waals surface area (Å²) < 4.78 is 7.31. The third-order valence-electron chi connectivity index (χ3n) is 4.08. The number of benzene rings is 2. The van der Waals surface area contributed by atoms with Gasteiger partial charge in [0.2, 0.25) is 0 Å². The standard InChI is InChI=1S/C20H19ClN2O3S/c1-26-19-5-3-2-4-15(19)11-23-17(12-24)10-22-20(23)27-13-18(25)14-6-8-16(21)9-7-14/h2-10,24H,11-13H2,1H3. The van der Waals surface area contributed by atoms with E-state index in [0.29, 0.717) is 28.0 Å². The minimum atomic E-state index is -0.131. The number of carbonyl (C=O) groups excluding carboxylic acids is 1. The Bertz CT molecular complexity index is 925. The highest BCUT2D eigenvalue weighted by Crippen LogP contribution is 2.25. The van der Waals surface area contributed by atoms with Gasteiger partial charge in [-0.15, -0.1) is 0 Å². The van der Waals surface area contributed by atoms with E-state index in [0.717, 1.165) is 11.3 Å². The number of hydrogen-bond donors (Lipinski definition) is 1. The molecule has 3 rings (SSSR count). The largest absolute Gasteiger partial charge is 0.496 e. The van der Waals surface area contributed by atoms with E-state index >= 15 is 0 Å². The van der Waals surface area contributed by atoms with E-state index in [-0.39, 0.29) is 18.1 Å². The first kappa shape index (κ1) is 19.5. The smallest absolute Gasteiger partial charge is 0.173 e. The Hall–Kier alpha value is -2.28. The lowest BCUT2D eigenvalue weighted by atomic mass is 10.1. The van der Waals surface area contributed by atoms with Crippen molar-refractivity contribution in [3.8, 4) is 5.75 Å². The number of ether oxygens (including phenoxy) is 1. The van der Waals surface area contributed by atoms with Crippen molar-refractivity contribution in [1.29, 1.82) is 0 Å². The number of methoxy groups -OCH3 is 1. The molecule has 0 bridgehead atoms. The molecule has 0 spiro atoms. The van der Waals surface area contributed by atoms with E-state index in [1.807, 2.05) is 28.8 Å². The van der Waals surface area contributed by atoms with Crippen molar-refractivity contribution in [3.63, 3.8) is 0 Å². The van der Waals surface area contributed by atoms with Crippen LogP contribution in [0.25, 0.3) is 0 Å². The molecule has 2 aromatic carbocycles. The van der Waals surface area contributed by atoms with Gasteiger partial charge in [0.05, 0.1) is 37.9 Å². The minimum absolute atomic E-state index is 0.00550. The predicted octanol–water partition coefficient (Wildman–Crippen LogP) is 4.06. The lowest BCUT2D eigenvalue weighted by molar-refractivity contribution is 0.102. The molecule has 0 atom stereocenters. The number of rotatable bonds is 8. The molecule has 1 heterocycles. The van der Waals surface area contributed by atoms with Crippen LogP contribution in [0.3, 0.4) is 0 Å². The Morgan fingerprint density at radius 3 is 2.67 bits per heavy atom. The van der Waals surface area contributed by atoms with Crippen LogP contribution >= 0.6 is 23.4 Å². The van der Waals surface area contributed by atoms with E-state index in [2.05, 4.69) is 4.98 Å². The molecule has 27 heavy (non-hydrogen) atoms. The first-order valence-corrected chi connectivity index (χ1v) is 9.67. The molecular formula is C20H19ClN2O3S. The lowest BCUT2D eigenvalue weighted by Gasteiger charge is -2.13. The summed E-state index contributed by atoms with van der Waals surface area (Å²) in [4.78, 5) is 16.8. The number of hydrogen-bond acceptors (Lipinski definition) is 5. The number of aromatic nitrogens is 2. The number of para-hydroxylation sites is 1. The predicted molar refractivity (Wildman–Crippen MR) is 107 cm³/mol. The van der Waals surface area contributed by atoms with Gasteiger partial charge in [-0.2, -0.15) is 0 Å². The van der Waals surface area contributed by atoms with E-state index in [1.165, 1.54) is 11.8 Å². The van der Waals surface area contributed by atoms with E-state index < -0.39 is 0 Å². The van der Waals surface area contributed by atoms with Gasteiger partial charge in [0.25, 0.3) is 0 Å². The average molecular weight is 403 g/mol. The second-order valence-electron chi connectivity index (χ2n) is 5.81. The molecule has 0 aliphatic heterocycles. The van der Waals surface area contributed by atoms with Gasteiger partial charge in [0.15, 0.2) is 10.9 Å². The molecule has 1 aromatic heterocycles. The zero-order chi connectivity index (χ0) is 19.2. The Morgan fingerprint density at radius 2 is 1.96 bits per heavy atom. The third kappa shape index (κ3) is 4.71. The Kier molecular flexibility index (Phi) is 6.55. The first-order valence-electron chi connectivity index (χ1n) is 8.31. The Balaban J connectivity index is 1.77. The summed E-state index contributed by atoms with van der Waals surface area (Å²) in [6.07, 6.45) is 1.63. The van der Waals surface area contributed by atoms with Gasteiger partial charge >= 0.3 is 0 Å². The van der Waals surface area contributed by atoms with E-state index in [4.69, 9.17) is 16.3 Å². The number of carbonyl (C=O) groups is 1. The molecule has 0 fully saturated rings. The fourth-order valence-corrected chi connectivity index (χ4v) is 3.67. The normalized spacial score (nSPS) is 10.8. The van der Waals surface area contributed by atoms with Gasteiger partial charge < -0.3 is 14.4 Å². The van der Waals surface area contributed by atoms with Crippen LogP contribution in [0.5, 0.6) is 5.75 Å². The maximum absolute atomic E-state index is 12.4. The number of nitrogens with zero attached hydrogens (tertiary/aromatic N) is 2. The Morgan fingerprint density at radius 1 is 1.22 bits per heavy atom. The second-order valence-corrected chi connectivity index (χ2v) is 7.19. The number of aliphatic hydroxyl groups is 1. The molecule has 0 amide bonds. The van der Waals surface area contributed by atoms with Crippen molar-refractivity contribution in [2.45, 2.75) is 18.3 Å². The van der Waals surface area contributed by atoms with Crippen LogP contribution in [-0.4, -0.2) is 33.3 Å². The van der Waals surface area contributed by atoms with Crippen LogP contribution in [0, 0.1) is 0 Å². The van der Waals surface area contributed by atoms with Crippen LogP contribution in [-0.2, 0) is 13.2 Å². The lowest BCUT2D eigenvalue weighted by Crippen LogP contribution is -2.09. The summed E-state index contributed by atoms with van der Waals surface area (Å²) in [6, 6.07) is 14.5. The maximum atomic E-state index is 12.4. The van der Waals surface area contributed by atoms with Gasteiger partial charge in [0, 0.05) is 16.1 Å². The highest BCUT2D eigenvalue weighted by molar-refractivity contribution is 7.99. The van der Waals surface area contributed by atoms with Gasteiger partial charge in [-0.05, 0) is 30.3 Å². The Labute approximate surface area is 167 Å². The summed E-state index contributed by atoms with van der Waals surface area (Å²) in [5.41, 5.74) is 2.26. The summed E-state index contributed by atoms with van der Waals surface area (Å²) in [5, 5.41) is 10.9. The van der Waals surface area contributed by atoms with Crippen LogP contribution < -0.4 is 4.74 Å². The van der Waals surface area contributed by atoms with Gasteiger partial charge in [-0.3, -0.25) is 4.79 Å². The van der Waals surface area contributed by atoms with Crippen molar-refractivity contribution in [1.82, 2.24) is 9.55 Å². The maximum Gasteiger partial charge on any atom is 0.173 e. The van der Waals surface area contributed by atoms with Gasteiger partial charge in [-0.25, -0.2) is 4.98 Å². The molecule has 5 nitrogen and oxygen atoms in total. The molecule has 0 unspecified atom stereocenters. The highest BCUT2D eigenvalue weighted by Gasteiger charge is 2.15. The molecule has 7 heteroatoms. The molecule has 1 N–H and O–H groups in total. The zero-order valence-electron chi connectivity index (χ0n) is 14.8. The van der Waals surface area contributed by atoms with Crippen LogP contribution in [0.15, 0.2) is 59.9 Å². The molecule has 0 saturated carbocycles. The molecule has 0 radical (unpaired) electrons. The molecular weight excluding hydrogens is 384 g/mol. The van der Waals surface area contributed by atoms with Gasteiger partial charge in [-0.1, -0.05) is 41.6 Å². The fourth-order valence-electron chi connectivity index (χ4n) is 2.66. The third-order valence-corrected chi connectivity index (χ3v) is 5.33. The molecule has 140 valence electrons. The van der Waals surface area contributed by atoms with Crippen molar-refractivity contribution in [2.75, 3.05) is 12.9 Å². The van der Waals surface area contributed by atoms with Gasteiger partial charge in [0.1, 0.15) is 5.75 Å². The molecule has 3 aromatic rings. The molecule has 0 saturated heterocycles. The monoisotopic (exact) mass is 402 g/mol. The topological polar surface area (TPSA) is 64.3 Å². The average Bonchev–Trinajstić information content (AvgIpc) is 3.08. The van der Waals surface area contributed by atoms with Crippen LogP contribution in [0.1, 0.15) is 21.6 Å². The van der Waals surface area contributed by atoms with Crippen molar-refractivity contribution in [3.05, 3.63) is 76.6 Å². The number of Topliss-reactive ketones (excluding diaryl/α,β-unsaturated/α-hetero) is 1. The van der Waals surface area contributed by atoms with Crippen LogP contribution in [0.2, 0.25) is 5.02 Å².